The SMILES string of the molecule is OC(c1ncc(Cl)cc1Cl)C1CCOC2(CCC2)C1. The lowest BCUT2D eigenvalue weighted by molar-refractivity contribution is -0.157. The van der Waals surface area contributed by atoms with E-state index in [9.17, 15) is 5.11 Å². The molecule has 0 bridgehead atoms. The van der Waals surface area contributed by atoms with Gasteiger partial charge in [-0.1, -0.05) is 23.2 Å². The summed E-state index contributed by atoms with van der Waals surface area (Å²) in [7, 11) is 0. The Morgan fingerprint density at radius 1 is 1.42 bits per heavy atom. The van der Waals surface area contributed by atoms with Crippen molar-refractivity contribution in [2.45, 2.75) is 43.8 Å². The van der Waals surface area contributed by atoms with Gasteiger partial charge in [-0.15, -0.1) is 0 Å². The van der Waals surface area contributed by atoms with Gasteiger partial charge in [0.25, 0.3) is 0 Å². The molecular formula is C14H17Cl2NO2. The summed E-state index contributed by atoms with van der Waals surface area (Å²) in [6.45, 7) is 0.715. The zero-order chi connectivity index (χ0) is 13.5. The second-order valence-corrected chi connectivity index (χ2v) is 6.45. The summed E-state index contributed by atoms with van der Waals surface area (Å²) >= 11 is 12.0. The molecule has 1 aliphatic heterocycles. The Hall–Kier alpha value is -0.350. The molecule has 1 aromatic heterocycles. The van der Waals surface area contributed by atoms with Crippen molar-refractivity contribution in [3.05, 3.63) is 28.0 Å². The van der Waals surface area contributed by atoms with Crippen LogP contribution in [0.1, 0.15) is 43.9 Å². The van der Waals surface area contributed by atoms with Crippen LogP contribution in [0.2, 0.25) is 10.0 Å². The Balaban J connectivity index is 1.77. The van der Waals surface area contributed by atoms with Crippen LogP contribution in [0.15, 0.2) is 12.3 Å². The molecule has 1 saturated heterocycles. The first-order chi connectivity index (χ1) is 9.10. The van der Waals surface area contributed by atoms with Crippen molar-refractivity contribution in [2.75, 3.05) is 6.61 Å². The van der Waals surface area contributed by atoms with Crippen LogP contribution in [-0.2, 0) is 4.74 Å². The van der Waals surface area contributed by atoms with Gasteiger partial charge in [0.05, 0.1) is 21.3 Å². The molecule has 1 saturated carbocycles. The molecule has 1 aromatic rings. The lowest BCUT2D eigenvalue weighted by Crippen LogP contribution is -2.46. The molecule has 0 amide bonds. The van der Waals surface area contributed by atoms with Crippen molar-refractivity contribution < 1.29 is 9.84 Å². The number of hydrogen-bond donors (Lipinski definition) is 1. The number of hydrogen-bond acceptors (Lipinski definition) is 3. The van der Waals surface area contributed by atoms with Crippen LogP contribution in [0.4, 0.5) is 0 Å². The van der Waals surface area contributed by atoms with E-state index in [1.54, 1.807) is 6.07 Å². The highest BCUT2D eigenvalue weighted by Crippen LogP contribution is 2.47. The van der Waals surface area contributed by atoms with Crippen LogP contribution < -0.4 is 0 Å². The van der Waals surface area contributed by atoms with Crippen molar-refractivity contribution in [1.82, 2.24) is 4.98 Å². The third-order valence-corrected chi connectivity index (χ3v) is 4.87. The Bertz CT molecular complexity index is 477. The second-order valence-electron chi connectivity index (χ2n) is 5.60. The summed E-state index contributed by atoms with van der Waals surface area (Å²) < 4.78 is 5.88. The number of aliphatic hydroxyl groups excluding tert-OH is 1. The minimum absolute atomic E-state index is 0.0167. The molecule has 3 nitrogen and oxygen atoms in total. The van der Waals surface area contributed by atoms with Gasteiger partial charge in [0.2, 0.25) is 0 Å². The third-order valence-electron chi connectivity index (χ3n) is 4.36. The monoisotopic (exact) mass is 301 g/mol. The zero-order valence-electron chi connectivity index (χ0n) is 10.6. The predicted molar refractivity (Wildman–Crippen MR) is 74.5 cm³/mol. The van der Waals surface area contributed by atoms with Gasteiger partial charge in [-0.2, -0.15) is 0 Å². The maximum absolute atomic E-state index is 10.5. The Kier molecular flexibility index (Phi) is 3.73. The normalized spacial score (nSPS) is 27.0. The molecule has 104 valence electrons. The maximum Gasteiger partial charge on any atom is 0.100 e. The molecule has 0 aromatic carbocycles. The van der Waals surface area contributed by atoms with E-state index in [0.29, 0.717) is 22.3 Å². The van der Waals surface area contributed by atoms with E-state index in [0.717, 1.165) is 25.7 Å². The van der Waals surface area contributed by atoms with Crippen LogP contribution in [0.3, 0.4) is 0 Å². The highest BCUT2D eigenvalue weighted by molar-refractivity contribution is 6.34. The van der Waals surface area contributed by atoms with E-state index in [1.807, 2.05) is 0 Å². The molecule has 1 N–H and O–H groups in total. The summed E-state index contributed by atoms with van der Waals surface area (Å²) in [5.41, 5.74) is 0.551. The topological polar surface area (TPSA) is 42.4 Å². The predicted octanol–water partition coefficient (Wildman–Crippen LogP) is 3.77. The van der Waals surface area contributed by atoms with Crippen LogP contribution >= 0.6 is 23.2 Å². The van der Waals surface area contributed by atoms with E-state index in [4.69, 9.17) is 27.9 Å². The molecular weight excluding hydrogens is 285 g/mol. The Labute approximate surface area is 122 Å². The fourth-order valence-corrected chi connectivity index (χ4v) is 3.61. The number of aliphatic hydroxyl groups is 1. The van der Waals surface area contributed by atoms with Crippen molar-refractivity contribution in [3.8, 4) is 0 Å². The van der Waals surface area contributed by atoms with Crippen LogP contribution in [0.25, 0.3) is 0 Å². The minimum atomic E-state index is -0.633. The number of aromatic nitrogens is 1. The third kappa shape index (κ3) is 2.62. The fourth-order valence-electron chi connectivity index (χ4n) is 3.12. The first kappa shape index (κ1) is 13.6. The minimum Gasteiger partial charge on any atom is -0.386 e. The van der Waals surface area contributed by atoms with Gasteiger partial charge >= 0.3 is 0 Å². The highest BCUT2D eigenvalue weighted by Gasteiger charge is 2.44. The number of nitrogens with zero attached hydrogens (tertiary/aromatic N) is 1. The summed E-state index contributed by atoms with van der Waals surface area (Å²) in [4.78, 5) is 4.19. The summed E-state index contributed by atoms with van der Waals surface area (Å²) in [6, 6.07) is 1.63. The van der Waals surface area contributed by atoms with Gasteiger partial charge in [0.1, 0.15) is 6.10 Å². The average Bonchev–Trinajstić information content (AvgIpc) is 2.36. The number of ether oxygens (including phenoxy) is 1. The molecule has 2 unspecified atom stereocenters. The van der Waals surface area contributed by atoms with E-state index in [-0.39, 0.29) is 11.5 Å². The Morgan fingerprint density at radius 2 is 2.21 bits per heavy atom. The molecule has 0 radical (unpaired) electrons. The summed E-state index contributed by atoms with van der Waals surface area (Å²) in [5.74, 6) is 0.167. The molecule has 3 rings (SSSR count). The van der Waals surface area contributed by atoms with Gasteiger partial charge in [-0.25, -0.2) is 0 Å². The van der Waals surface area contributed by atoms with Gasteiger partial charge in [0, 0.05) is 12.8 Å². The van der Waals surface area contributed by atoms with Gasteiger partial charge in [0.15, 0.2) is 0 Å². The van der Waals surface area contributed by atoms with Crippen LogP contribution in [-0.4, -0.2) is 22.3 Å². The van der Waals surface area contributed by atoms with Crippen LogP contribution in [0.5, 0.6) is 0 Å². The van der Waals surface area contributed by atoms with Crippen molar-refractivity contribution in [3.63, 3.8) is 0 Å². The van der Waals surface area contributed by atoms with Crippen molar-refractivity contribution in [2.24, 2.45) is 5.92 Å². The van der Waals surface area contributed by atoms with E-state index in [2.05, 4.69) is 4.98 Å². The smallest absolute Gasteiger partial charge is 0.100 e. The molecule has 1 spiro atoms. The van der Waals surface area contributed by atoms with E-state index < -0.39 is 6.10 Å². The van der Waals surface area contributed by atoms with Gasteiger partial charge in [-0.3, -0.25) is 4.98 Å². The first-order valence-electron chi connectivity index (χ1n) is 6.73. The maximum atomic E-state index is 10.5. The lowest BCUT2D eigenvalue weighted by atomic mass is 9.70. The van der Waals surface area contributed by atoms with Gasteiger partial charge < -0.3 is 9.84 Å². The Morgan fingerprint density at radius 3 is 2.84 bits per heavy atom. The molecule has 2 heterocycles. The standard InChI is InChI=1S/C14H17Cl2NO2/c15-10-6-11(16)12(17-8-10)13(18)9-2-5-19-14(7-9)3-1-4-14/h6,8-9,13,18H,1-5,7H2. The van der Waals surface area contributed by atoms with Gasteiger partial charge in [-0.05, 0) is 44.1 Å². The van der Waals surface area contributed by atoms with Crippen molar-refractivity contribution >= 4 is 23.2 Å². The molecule has 19 heavy (non-hydrogen) atoms. The second kappa shape index (κ2) is 5.21. The summed E-state index contributed by atoms with van der Waals surface area (Å²) in [6.07, 6.45) is 6.09. The first-order valence-corrected chi connectivity index (χ1v) is 7.48. The number of pyridine rings is 1. The summed E-state index contributed by atoms with van der Waals surface area (Å²) in [5, 5.41) is 11.5. The van der Waals surface area contributed by atoms with E-state index in [1.165, 1.54) is 12.6 Å². The van der Waals surface area contributed by atoms with Crippen LogP contribution in [0, 0.1) is 5.92 Å². The molecule has 5 heteroatoms. The fraction of sp³-hybridized carbons (Fsp3) is 0.643. The zero-order valence-corrected chi connectivity index (χ0v) is 12.1. The molecule has 2 atom stereocenters. The number of rotatable bonds is 2. The van der Waals surface area contributed by atoms with E-state index >= 15 is 0 Å². The quantitative estimate of drug-likeness (QED) is 0.904. The molecule has 2 aliphatic rings. The highest BCUT2D eigenvalue weighted by atomic mass is 35.5. The molecule has 2 fully saturated rings. The average molecular weight is 302 g/mol. The van der Waals surface area contributed by atoms with Crippen molar-refractivity contribution in [1.29, 1.82) is 0 Å². The largest absolute Gasteiger partial charge is 0.386 e. The lowest BCUT2D eigenvalue weighted by Gasteiger charge is -2.48. The molecule has 1 aliphatic carbocycles. The number of halogens is 2.